The van der Waals surface area contributed by atoms with Gasteiger partial charge in [0.05, 0.1) is 5.69 Å². The van der Waals surface area contributed by atoms with Crippen molar-refractivity contribution in [1.82, 2.24) is 15.1 Å². The molecule has 0 fully saturated rings. The number of nitrogens with zero attached hydrogens (tertiary/aromatic N) is 2. The zero-order chi connectivity index (χ0) is 20.4. The van der Waals surface area contributed by atoms with Crippen molar-refractivity contribution in [2.24, 2.45) is 7.05 Å². The maximum Gasteiger partial charge on any atom is 0.407 e. The second-order valence-electron chi connectivity index (χ2n) is 7.05. The SMILES string of the molecule is Cn1ccc(CC(NC(=O)OCC2c3ccccc3-c3ccccc32)C(=O)O)n1. The largest absolute Gasteiger partial charge is 0.480 e. The van der Waals surface area contributed by atoms with Crippen LogP contribution >= 0.6 is 0 Å². The van der Waals surface area contributed by atoms with Gasteiger partial charge in [-0.2, -0.15) is 5.10 Å². The van der Waals surface area contributed by atoms with Gasteiger partial charge in [-0.15, -0.1) is 0 Å². The van der Waals surface area contributed by atoms with E-state index in [0.29, 0.717) is 5.69 Å². The van der Waals surface area contributed by atoms with Gasteiger partial charge in [-0.3, -0.25) is 4.68 Å². The average Bonchev–Trinajstić information content (AvgIpc) is 3.27. The molecule has 1 unspecified atom stereocenters. The molecule has 7 heteroatoms. The molecule has 1 aliphatic carbocycles. The number of aliphatic carboxylic acids is 1. The number of nitrogens with one attached hydrogen (secondary N) is 1. The number of hydrogen-bond donors (Lipinski definition) is 2. The number of aryl methyl sites for hydroxylation is 1. The van der Waals surface area contributed by atoms with Gasteiger partial charge in [-0.25, -0.2) is 9.59 Å². The van der Waals surface area contributed by atoms with Gasteiger partial charge in [0.15, 0.2) is 0 Å². The lowest BCUT2D eigenvalue weighted by Gasteiger charge is -2.17. The van der Waals surface area contributed by atoms with E-state index in [9.17, 15) is 14.7 Å². The van der Waals surface area contributed by atoms with Crippen LogP contribution in [0.1, 0.15) is 22.7 Å². The van der Waals surface area contributed by atoms with Crippen molar-refractivity contribution in [3.8, 4) is 11.1 Å². The van der Waals surface area contributed by atoms with Gasteiger partial charge in [0.2, 0.25) is 0 Å². The van der Waals surface area contributed by atoms with Crippen LogP contribution in [0.2, 0.25) is 0 Å². The minimum absolute atomic E-state index is 0.0766. The number of rotatable bonds is 6. The van der Waals surface area contributed by atoms with Gasteiger partial charge < -0.3 is 15.2 Å². The third-order valence-electron chi connectivity index (χ3n) is 5.12. The molecule has 1 aliphatic rings. The molecule has 1 amide bonds. The van der Waals surface area contributed by atoms with E-state index in [1.807, 2.05) is 36.4 Å². The van der Waals surface area contributed by atoms with E-state index >= 15 is 0 Å². The van der Waals surface area contributed by atoms with Gasteiger partial charge in [0, 0.05) is 25.6 Å². The number of alkyl carbamates (subject to hydrolysis) is 1. The second-order valence-corrected chi connectivity index (χ2v) is 7.05. The van der Waals surface area contributed by atoms with Gasteiger partial charge in [-0.1, -0.05) is 48.5 Å². The zero-order valence-electron chi connectivity index (χ0n) is 15.9. The van der Waals surface area contributed by atoms with Crippen molar-refractivity contribution >= 4 is 12.1 Å². The van der Waals surface area contributed by atoms with Crippen LogP contribution in [0.5, 0.6) is 0 Å². The number of carboxylic acids is 1. The molecule has 0 bridgehead atoms. The Labute approximate surface area is 167 Å². The summed E-state index contributed by atoms with van der Waals surface area (Å²) in [7, 11) is 1.75. The summed E-state index contributed by atoms with van der Waals surface area (Å²) in [5, 5.41) is 16.0. The van der Waals surface area contributed by atoms with Gasteiger partial charge in [0.25, 0.3) is 0 Å². The summed E-state index contributed by atoms with van der Waals surface area (Å²) in [4.78, 5) is 23.8. The first-order valence-electron chi connectivity index (χ1n) is 9.36. The quantitative estimate of drug-likeness (QED) is 0.674. The Morgan fingerprint density at radius 3 is 2.28 bits per heavy atom. The normalized spacial score (nSPS) is 13.4. The molecule has 0 saturated carbocycles. The van der Waals surface area contributed by atoms with Crippen LogP contribution in [0.15, 0.2) is 60.8 Å². The number of amides is 1. The lowest BCUT2D eigenvalue weighted by molar-refractivity contribution is -0.139. The molecule has 148 valence electrons. The van der Waals surface area contributed by atoms with Crippen molar-refractivity contribution in [1.29, 1.82) is 0 Å². The van der Waals surface area contributed by atoms with Gasteiger partial charge >= 0.3 is 12.1 Å². The van der Waals surface area contributed by atoms with E-state index in [1.165, 1.54) is 0 Å². The van der Waals surface area contributed by atoms with Crippen LogP contribution in [0.25, 0.3) is 11.1 Å². The first kappa shape index (κ1) is 18.7. The summed E-state index contributed by atoms with van der Waals surface area (Å²) in [6.45, 7) is 0.135. The Hall–Kier alpha value is -3.61. The monoisotopic (exact) mass is 391 g/mol. The molecule has 0 saturated heterocycles. The number of hydrogen-bond acceptors (Lipinski definition) is 4. The smallest absolute Gasteiger partial charge is 0.407 e. The van der Waals surface area contributed by atoms with E-state index in [4.69, 9.17) is 4.74 Å². The molecule has 4 rings (SSSR count). The highest BCUT2D eigenvalue weighted by molar-refractivity contribution is 5.81. The molecule has 0 spiro atoms. The third kappa shape index (κ3) is 3.85. The zero-order valence-corrected chi connectivity index (χ0v) is 15.9. The topological polar surface area (TPSA) is 93.5 Å². The van der Waals surface area contributed by atoms with E-state index in [2.05, 4.69) is 22.5 Å². The summed E-state index contributed by atoms with van der Waals surface area (Å²) in [5.41, 5.74) is 5.06. The highest BCUT2D eigenvalue weighted by atomic mass is 16.5. The standard InChI is InChI=1S/C22H21N3O4/c1-25-11-10-14(24-25)12-20(21(26)27)23-22(28)29-13-19-17-8-4-2-6-15(17)16-7-3-5-9-18(16)19/h2-11,19-20H,12-13H2,1H3,(H,23,28)(H,26,27). The predicted molar refractivity (Wildman–Crippen MR) is 107 cm³/mol. The Balaban J connectivity index is 1.43. The molecule has 0 aliphatic heterocycles. The number of aromatic nitrogens is 2. The van der Waals surface area contributed by atoms with E-state index in [-0.39, 0.29) is 18.9 Å². The number of carboxylic acid groups (broad SMARTS) is 1. The van der Waals surface area contributed by atoms with Crippen LogP contribution < -0.4 is 5.32 Å². The highest BCUT2D eigenvalue weighted by Gasteiger charge is 2.29. The van der Waals surface area contributed by atoms with Crippen LogP contribution in [-0.4, -0.2) is 39.6 Å². The summed E-state index contributed by atoms with van der Waals surface area (Å²) in [6, 6.07) is 16.7. The fraction of sp³-hybridized carbons (Fsp3) is 0.227. The van der Waals surface area contributed by atoms with Crippen molar-refractivity contribution in [3.05, 3.63) is 77.6 Å². The molecule has 2 aromatic carbocycles. The summed E-state index contributed by atoms with van der Waals surface area (Å²) in [5.74, 6) is -1.21. The van der Waals surface area contributed by atoms with E-state index < -0.39 is 18.1 Å². The second kappa shape index (κ2) is 7.79. The first-order chi connectivity index (χ1) is 14.0. The number of carbonyl (C=O) groups excluding carboxylic acids is 1. The lowest BCUT2D eigenvalue weighted by atomic mass is 9.98. The molecular formula is C22H21N3O4. The minimum atomic E-state index is -1.14. The molecule has 7 nitrogen and oxygen atoms in total. The van der Waals surface area contributed by atoms with Crippen LogP contribution in [0.4, 0.5) is 4.79 Å². The lowest BCUT2D eigenvalue weighted by Crippen LogP contribution is -2.43. The number of carbonyl (C=O) groups is 2. The van der Waals surface area contributed by atoms with Crippen LogP contribution in [-0.2, 0) is 23.0 Å². The average molecular weight is 391 g/mol. The number of ether oxygens (including phenoxy) is 1. The maximum absolute atomic E-state index is 12.3. The number of fused-ring (bicyclic) bond motifs is 3. The van der Waals surface area contributed by atoms with E-state index in [0.717, 1.165) is 22.3 Å². The molecule has 1 atom stereocenters. The van der Waals surface area contributed by atoms with Gasteiger partial charge in [0.1, 0.15) is 12.6 Å². The molecule has 0 radical (unpaired) electrons. The Bertz CT molecular complexity index is 1010. The maximum atomic E-state index is 12.3. The van der Waals surface area contributed by atoms with Crippen LogP contribution in [0.3, 0.4) is 0 Å². The molecule has 2 N–H and O–H groups in total. The van der Waals surface area contributed by atoms with Gasteiger partial charge in [-0.05, 0) is 28.3 Å². The molecule has 1 heterocycles. The third-order valence-corrected chi connectivity index (χ3v) is 5.12. The molecule has 1 aromatic heterocycles. The predicted octanol–water partition coefficient (Wildman–Crippen LogP) is 2.95. The van der Waals surface area contributed by atoms with Crippen LogP contribution in [0, 0.1) is 0 Å². The Morgan fingerprint density at radius 1 is 1.10 bits per heavy atom. The molecule has 29 heavy (non-hydrogen) atoms. The number of benzene rings is 2. The molecule has 3 aromatic rings. The van der Waals surface area contributed by atoms with Crippen molar-refractivity contribution in [3.63, 3.8) is 0 Å². The Kier molecular flexibility index (Phi) is 5.03. The minimum Gasteiger partial charge on any atom is -0.480 e. The summed E-state index contributed by atoms with van der Waals surface area (Å²) < 4.78 is 7.01. The summed E-state index contributed by atoms with van der Waals surface area (Å²) in [6.07, 6.45) is 1.05. The summed E-state index contributed by atoms with van der Waals surface area (Å²) >= 11 is 0. The van der Waals surface area contributed by atoms with Crippen molar-refractivity contribution in [2.45, 2.75) is 18.4 Å². The Morgan fingerprint density at radius 2 is 1.72 bits per heavy atom. The van der Waals surface area contributed by atoms with Crippen molar-refractivity contribution in [2.75, 3.05) is 6.61 Å². The van der Waals surface area contributed by atoms with Crippen molar-refractivity contribution < 1.29 is 19.4 Å². The molecular weight excluding hydrogens is 370 g/mol. The van der Waals surface area contributed by atoms with E-state index in [1.54, 1.807) is 24.0 Å². The highest BCUT2D eigenvalue weighted by Crippen LogP contribution is 2.44. The fourth-order valence-electron chi connectivity index (χ4n) is 3.76. The fourth-order valence-corrected chi connectivity index (χ4v) is 3.76. The first-order valence-corrected chi connectivity index (χ1v) is 9.36.